The van der Waals surface area contributed by atoms with E-state index in [1.54, 1.807) is 0 Å². The molecule has 33 heavy (non-hydrogen) atoms. The van der Waals surface area contributed by atoms with Crippen LogP contribution >= 0.6 is 0 Å². The Kier molecular flexibility index (Phi) is 9.88. The van der Waals surface area contributed by atoms with E-state index in [1.165, 1.54) is 60.1 Å². The molecule has 1 aliphatic carbocycles. The molecule has 5 aromatic rings. The summed E-state index contributed by atoms with van der Waals surface area (Å²) in [6.45, 7) is 0. The Labute approximate surface area is 217 Å². The molecule has 1 aliphatic rings. The second-order valence-corrected chi connectivity index (χ2v) is 8.66. The summed E-state index contributed by atoms with van der Waals surface area (Å²) in [4.78, 5) is 0. The van der Waals surface area contributed by atoms with Gasteiger partial charge in [-0.25, -0.2) is 12.2 Å². The molecule has 0 aliphatic heterocycles. The van der Waals surface area contributed by atoms with Crippen LogP contribution < -0.4 is 12.4 Å². The first-order valence-electron chi connectivity index (χ1n) is 10.8. The van der Waals surface area contributed by atoms with E-state index in [-0.39, 0.29) is 12.4 Å². The first-order valence-corrected chi connectivity index (χ1v) is 12.0. The average Bonchev–Trinajstić information content (AvgIpc) is 3.57. The van der Waals surface area contributed by atoms with Crippen LogP contribution in [0.25, 0.3) is 21.5 Å². The summed E-state index contributed by atoms with van der Waals surface area (Å²) >= 11 is 1.46. The molecule has 5 aromatic carbocycles. The van der Waals surface area contributed by atoms with Crippen molar-refractivity contribution in [3.8, 4) is 0 Å². The van der Waals surface area contributed by atoms with Crippen LogP contribution in [0.2, 0.25) is 0 Å². The van der Waals surface area contributed by atoms with Gasteiger partial charge in [0, 0.05) is 0 Å². The molecule has 0 atom stereocenters. The summed E-state index contributed by atoms with van der Waals surface area (Å²) in [6.07, 6.45) is 10.0. The van der Waals surface area contributed by atoms with Gasteiger partial charge in [-0.3, -0.25) is 6.08 Å². The number of allylic oxidation sites excluding steroid dienone is 4. The van der Waals surface area contributed by atoms with Gasteiger partial charge in [0.1, 0.15) is 0 Å². The summed E-state index contributed by atoms with van der Waals surface area (Å²) in [6, 6.07) is 40.4. The zero-order chi connectivity index (χ0) is 22.0. The van der Waals surface area contributed by atoms with Gasteiger partial charge in [-0.05, 0) is 0 Å². The van der Waals surface area contributed by atoms with Crippen LogP contribution in [0.5, 0.6) is 0 Å². The van der Waals surface area contributed by atoms with Gasteiger partial charge in [-0.2, -0.15) is 6.08 Å². The van der Waals surface area contributed by atoms with Gasteiger partial charge in [0.15, 0.2) is 0 Å². The van der Waals surface area contributed by atoms with Crippen LogP contribution in [0, 0.1) is 6.08 Å². The number of hydrogen-bond acceptors (Lipinski definition) is 0. The molecule has 0 N–H and O–H groups in total. The Morgan fingerprint density at radius 1 is 0.636 bits per heavy atom. The normalized spacial score (nSPS) is 11.2. The molecule has 0 bridgehead atoms. The van der Waals surface area contributed by atoms with E-state index < -0.39 is 0 Å². The van der Waals surface area contributed by atoms with Crippen LogP contribution in [0.15, 0.2) is 133 Å². The maximum atomic E-state index is 2.99. The molecular weight excluding hydrogens is 499 g/mol. The third kappa shape index (κ3) is 6.88. The summed E-state index contributed by atoms with van der Waals surface area (Å²) in [5.41, 5.74) is 2.66. The molecule has 0 nitrogen and oxygen atoms in total. The quantitative estimate of drug-likeness (QED) is 0.291. The zero-order valence-corrected chi connectivity index (χ0v) is 21.5. The fourth-order valence-electron chi connectivity index (χ4n) is 3.62. The van der Waals surface area contributed by atoms with Crippen molar-refractivity contribution in [1.29, 1.82) is 0 Å². The van der Waals surface area contributed by atoms with Gasteiger partial charge in [-0.1, -0.05) is 36.4 Å². The summed E-state index contributed by atoms with van der Waals surface area (Å²) in [5, 5.41) is 5.39. The Hall–Kier alpha value is -2.73. The van der Waals surface area contributed by atoms with E-state index >= 15 is 0 Å². The van der Waals surface area contributed by atoms with E-state index in [0.29, 0.717) is 0 Å². The predicted octanol–water partition coefficient (Wildman–Crippen LogP) is 4.82. The Morgan fingerprint density at radius 3 is 1.48 bits per heavy atom. The largest absolute Gasteiger partial charge is 0.126 e. The van der Waals surface area contributed by atoms with Crippen molar-refractivity contribution in [1.82, 2.24) is 0 Å². The summed E-state index contributed by atoms with van der Waals surface area (Å²) in [7, 11) is 0. The van der Waals surface area contributed by atoms with E-state index in [2.05, 4.69) is 127 Å². The summed E-state index contributed by atoms with van der Waals surface area (Å²) in [5.74, 6) is 0. The van der Waals surface area contributed by atoms with E-state index in [0.717, 1.165) is 6.42 Å². The fraction of sp³-hybridized carbons (Fsp3) is 0.0323. The Morgan fingerprint density at radius 2 is 1.09 bits per heavy atom. The predicted molar refractivity (Wildman–Crippen MR) is 135 cm³/mol. The van der Waals surface area contributed by atoms with Gasteiger partial charge in [0.25, 0.3) is 0 Å². The molecule has 0 heterocycles. The minimum absolute atomic E-state index is 0. The minimum Gasteiger partial charge on any atom is -0.126 e. The van der Waals surface area contributed by atoms with Crippen LogP contribution in [0.1, 0.15) is 17.5 Å². The summed E-state index contributed by atoms with van der Waals surface area (Å²) < 4.78 is 1.42. The molecule has 0 unspecified atom stereocenters. The van der Waals surface area contributed by atoms with Crippen molar-refractivity contribution >= 4 is 24.8 Å². The third-order valence-corrected chi connectivity index (χ3v) is 6.65. The average molecular weight is 523 g/mol. The Balaban J connectivity index is 0.000000150. The van der Waals surface area contributed by atoms with Gasteiger partial charge >= 0.3 is 99.2 Å². The second kappa shape index (κ2) is 13.1. The maximum Gasteiger partial charge on any atom is -0.0771 e. The number of rotatable bonds is 2. The molecule has 0 spiro atoms. The van der Waals surface area contributed by atoms with Gasteiger partial charge in [0.05, 0.1) is 0 Å². The van der Waals surface area contributed by atoms with E-state index in [1.807, 2.05) is 12.2 Å². The number of hydrogen-bond donors (Lipinski definition) is 0. The van der Waals surface area contributed by atoms with Crippen molar-refractivity contribution in [2.75, 3.05) is 0 Å². The van der Waals surface area contributed by atoms with Crippen molar-refractivity contribution in [3.05, 3.63) is 151 Å². The van der Waals surface area contributed by atoms with Gasteiger partial charge in [0.2, 0.25) is 0 Å². The standard InChI is InChI=1S/C13H9.C13H10.C5H5.ClH.Zr/c1-3-7-12-10(5-1)9-11-6-2-4-8-13(11)12;1-3-7-12(8-4-1)11-13-9-5-2-6-10-13;1-2-4-5-3-1;;/h1-9H;1-10H;1-3H,4H2;1H;/q-1;;-1;;+2/p-1. The van der Waals surface area contributed by atoms with E-state index in [4.69, 9.17) is 0 Å². The van der Waals surface area contributed by atoms with Gasteiger partial charge < -0.3 is 12.4 Å². The van der Waals surface area contributed by atoms with Crippen molar-refractivity contribution in [3.63, 3.8) is 0 Å². The molecule has 0 saturated heterocycles. The van der Waals surface area contributed by atoms with Crippen molar-refractivity contribution < 1.29 is 36.6 Å². The van der Waals surface area contributed by atoms with Crippen molar-refractivity contribution in [2.24, 2.45) is 0 Å². The van der Waals surface area contributed by atoms with Crippen LogP contribution in [0.3, 0.4) is 0 Å². The zero-order valence-electron chi connectivity index (χ0n) is 18.3. The van der Waals surface area contributed by atoms with Crippen LogP contribution in [-0.4, -0.2) is 3.21 Å². The number of benzene rings is 4. The SMILES string of the molecule is [C-]1=CC=CC1.[Cl-].[Zr+2]=[C](c1ccccc1)c1ccccc1.c1ccc2c(c1)[cH-]c1ccccc12. The van der Waals surface area contributed by atoms with Crippen molar-refractivity contribution in [2.45, 2.75) is 6.42 Å². The smallest absolute Gasteiger partial charge is 0.0771 e. The molecule has 0 amide bonds. The molecule has 6 rings (SSSR count). The second-order valence-electron chi connectivity index (χ2n) is 7.43. The monoisotopic (exact) mass is 521 g/mol. The topological polar surface area (TPSA) is 0 Å². The Bertz CT molecular complexity index is 1240. The first kappa shape index (κ1) is 24.9. The van der Waals surface area contributed by atoms with Gasteiger partial charge in [-0.15, -0.1) is 46.2 Å². The molecule has 160 valence electrons. The number of halogens is 1. The molecule has 0 aromatic heterocycles. The molecule has 0 saturated carbocycles. The molecular formula is C31H24ClZr-. The van der Waals surface area contributed by atoms with Crippen LogP contribution in [0.4, 0.5) is 0 Å². The molecule has 0 radical (unpaired) electrons. The number of fused-ring (bicyclic) bond motifs is 3. The third-order valence-electron chi connectivity index (χ3n) is 5.23. The molecule has 0 fully saturated rings. The minimum atomic E-state index is 0. The van der Waals surface area contributed by atoms with E-state index in [9.17, 15) is 0 Å². The maximum absolute atomic E-state index is 2.99. The first-order chi connectivity index (χ1) is 15.8. The molecule has 2 heteroatoms. The fourth-order valence-corrected chi connectivity index (χ4v) is 4.44. The van der Waals surface area contributed by atoms with Crippen LogP contribution in [-0.2, 0) is 24.2 Å².